The van der Waals surface area contributed by atoms with E-state index in [4.69, 9.17) is 16.3 Å². The molecule has 3 aromatic rings. The number of rotatable bonds is 5. The summed E-state index contributed by atoms with van der Waals surface area (Å²) in [5.41, 5.74) is 1.26. The number of hydrogen-bond acceptors (Lipinski definition) is 4. The lowest BCUT2D eigenvalue weighted by atomic mass is 10.1. The Morgan fingerprint density at radius 2 is 1.96 bits per heavy atom. The Kier molecular flexibility index (Phi) is 4.45. The summed E-state index contributed by atoms with van der Waals surface area (Å²) in [5, 5.41) is 1.03. The summed E-state index contributed by atoms with van der Waals surface area (Å²) in [6, 6.07) is 11.5. The fraction of sp³-hybridized carbons (Fsp3) is 0.118. The smallest absolute Gasteiger partial charge is 0.229 e. The van der Waals surface area contributed by atoms with Crippen molar-refractivity contribution in [2.75, 3.05) is 18.1 Å². The van der Waals surface area contributed by atoms with E-state index in [9.17, 15) is 13.2 Å². The number of anilines is 1. The highest BCUT2D eigenvalue weighted by Gasteiger charge is 2.22. The second-order valence-corrected chi connectivity index (χ2v) is 7.69. The van der Waals surface area contributed by atoms with Crippen molar-refractivity contribution in [2.24, 2.45) is 0 Å². The molecule has 0 aliphatic rings. The van der Waals surface area contributed by atoms with Gasteiger partial charge in [-0.2, -0.15) is 0 Å². The molecule has 3 rings (SSSR count). The molecule has 1 aromatic heterocycles. The van der Waals surface area contributed by atoms with E-state index in [1.165, 1.54) is 7.11 Å². The zero-order valence-electron chi connectivity index (χ0n) is 13.5. The van der Waals surface area contributed by atoms with Gasteiger partial charge in [0.1, 0.15) is 11.4 Å². The number of fused-ring (bicyclic) bond motifs is 1. The van der Waals surface area contributed by atoms with Crippen LogP contribution in [0.25, 0.3) is 10.9 Å². The van der Waals surface area contributed by atoms with Crippen molar-refractivity contribution in [3.63, 3.8) is 0 Å². The highest BCUT2D eigenvalue weighted by molar-refractivity contribution is 7.92. The molecule has 1 heterocycles. The highest BCUT2D eigenvalue weighted by atomic mass is 35.5. The van der Waals surface area contributed by atoms with Crippen molar-refractivity contribution in [3.05, 3.63) is 58.7 Å². The van der Waals surface area contributed by atoms with E-state index in [0.717, 1.165) is 6.26 Å². The molecule has 2 aromatic carbocycles. The Morgan fingerprint density at radius 3 is 2.64 bits per heavy atom. The molecular weight excluding hydrogens is 364 g/mol. The second-order valence-electron chi connectivity index (χ2n) is 5.50. The minimum atomic E-state index is -3.58. The first-order valence-electron chi connectivity index (χ1n) is 7.26. The Morgan fingerprint density at radius 1 is 1.20 bits per heavy atom. The van der Waals surface area contributed by atoms with Gasteiger partial charge in [-0.3, -0.25) is 9.52 Å². The first-order valence-corrected chi connectivity index (χ1v) is 9.53. The van der Waals surface area contributed by atoms with Gasteiger partial charge in [0.05, 0.1) is 19.1 Å². The van der Waals surface area contributed by atoms with E-state index in [0.29, 0.717) is 27.2 Å². The number of benzene rings is 2. The molecule has 0 unspecified atom stereocenters. The topological polar surface area (TPSA) is 88.3 Å². The maximum absolute atomic E-state index is 12.9. The van der Waals surface area contributed by atoms with Crippen LogP contribution in [-0.2, 0) is 10.0 Å². The average Bonchev–Trinajstić information content (AvgIpc) is 2.90. The molecule has 0 fully saturated rings. The maximum Gasteiger partial charge on any atom is 0.229 e. The molecule has 0 atom stereocenters. The van der Waals surface area contributed by atoms with Crippen LogP contribution in [0.2, 0.25) is 5.02 Å². The number of halogens is 1. The molecule has 0 saturated carbocycles. The first-order chi connectivity index (χ1) is 11.8. The van der Waals surface area contributed by atoms with Gasteiger partial charge in [-0.1, -0.05) is 23.7 Å². The summed E-state index contributed by atoms with van der Waals surface area (Å²) in [6.07, 6.45) is 1.03. The number of nitrogens with one attached hydrogen (secondary N) is 2. The summed E-state index contributed by atoms with van der Waals surface area (Å²) in [5.74, 6) is 0.167. The molecule has 130 valence electrons. The standard InChI is InChI=1S/C17H15ClN2O4S/c1-24-12-5-3-4-10(8-12)17(21)16-15(20-25(2,22)23)13-7-6-11(18)9-14(13)19-16/h3-9,19-20H,1-2H3. The molecule has 0 bridgehead atoms. The Hall–Kier alpha value is -2.51. The van der Waals surface area contributed by atoms with Crippen LogP contribution < -0.4 is 9.46 Å². The van der Waals surface area contributed by atoms with Gasteiger partial charge >= 0.3 is 0 Å². The predicted molar refractivity (Wildman–Crippen MR) is 98.2 cm³/mol. The summed E-state index contributed by atoms with van der Waals surface area (Å²) < 4.78 is 31.0. The number of carbonyl (C=O) groups excluding carboxylic acids is 1. The number of methoxy groups -OCH3 is 1. The van der Waals surface area contributed by atoms with Crippen LogP contribution >= 0.6 is 11.6 Å². The largest absolute Gasteiger partial charge is 0.497 e. The SMILES string of the molecule is COc1cccc(C(=O)c2[nH]c3cc(Cl)ccc3c2NS(C)(=O)=O)c1. The first kappa shape index (κ1) is 17.3. The molecule has 8 heteroatoms. The molecule has 25 heavy (non-hydrogen) atoms. The van der Waals surface area contributed by atoms with Gasteiger partial charge in [0.25, 0.3) is 0 Å². The van der Waals surface area contributed by atoms with Crippen molar-refractivity contribution >= 4 is 44.0 Å². The van der Waals surface area contributed by atoms with Crippen LogP contribution in [0.1, 0.15) is 16.1 Å². The van der Waals surface area contributed by atoms with Gasteiger partial charge in [0, 0.05) is 21.5 Å². The van der Waals surface area contributed by atoms with Crippen LogP contribution in [0.5, 0.6) is 5.75 Å². The van der Waals surface area contributed by atoms with E-state index >= 15 is 0 Å². The van der Waals surface area contributed by atoms with Crippen LogP contribution in [0.15, 0.2) is 42.5 Å². The number of H-pyrrole nitrogens is 1. The normalized spacial score (nSPS) is 11.5. The van der Waals surface area contributed by atoms with Crippen molar-refractivity contribution < 1.29 is 17.9 Å². The van der Waals surface area contributed by atoms with Gasteiger partial charge in [0.2, 0.25) is 15.8 Å². The minimum absolute atomic E-state index is 0.135. The molecule has 0 aliphatic carbocycles. The lowest BCUT2D eigenvalue weighted by Crippen LogP contribution is -2.13. The van der Waals surface area contributed by atoms with E-state index in [1.54, 1.807) is 42.5 Å². The quantitative estimate of drug-likeness (QED) is 0.666. The molecule has 6 nitrogen and oxygen atoms in total. The fourth-order valence-corrected chi connectivity index (χ4v) is 3.29. The van der Waals surface area contributed by atoms with Crippen molar-refractivity contribution in [3.8, 4) is 5.75 Å². The van der Waals surface area contributed by atoms with Crippen LogP contribution in [0.4, 0.5) is 5.69 Å². The van der Waals surface area contributed by atoms with Gasteiger partial charge in [-0.15, -0.1) is 0 Å². The third-order valence-corrected chi connectivity index (χ3v) is 4.42. The zero-order chi connectivity index (χ0) is 18.2. The highest BCUT2D eigenvalue weighted by Crippen LogP contribution is 2.32. The van der Waals surface area contributed by atoms with Gasteiger partial charge in [-0.05, 0) is 30.3 Å². The number of hydrogen-bond donors (Lipinski definition) is 2. The third kappa shape index (κ3) is 3.62. The predicted octanol–water partition coefficient (Wildman–Crippen LogP) is 3.43. The van der Waals surface area contributed by atoms with Crippen LogP contribution in [0.3, 0.4) is 0 Å². The lowest BCUT2D eigenvalue weighted by Gasteiger charge is -2.07. The minimum Gasteiger partial charge on any atom is -0.497 e. The number of aromatic nitrogens is 1. The molecule has 0 saturated heterocycles. The second kappa shape index (κ2) is 6.42. The van der Waals surface area contributed by atoms with Crippen molar-refractivity contribution in [1.82, 2.24) is 4.98 Å². The van der Waals surface area contributed by atoms with Gasteiger partial charge in [0.15, 0.2) is 0 Å². The molecular formula is C17H15ClN2O4S. The van der Waals surface area contributed by atoms with Gasteiger partial charge < -0.3 is 9.72 Å². The van der Waals surface area contributed by atoms with E-state index in [1.807, 2.05) is 0 Å². The lowest BCUT2D eigenvalue weighted by molar-refractivity contribution is 0.103. The fourth-order valence-electron chi connectivity index (χ4n) is 2.54. The number of ether oxygens (including phenoxy) is 1. The van der Waals surface area contributed by atoms with E-state index < -0.39 is 10.0 Å². The number of ketones is 1. The zero-order valence-corrected chi connectivity index (χ0v) is 15.0. The summed E-state index contributed by atoms with van der Waals surface area (Å²) in [4.78, 5) is 15.9. The molecule has 0 aliphatic heterocycles. The summed E-state index contributed by atoms with van der Waals surface area (Å²) >= 11 is 5.99. The van der Waals surface area contributed by atoms with Gasteiger partial charge in [-0.25, -0.2) is 8.42 Å². The molecule has 0 amide bonds. The average molecular weight is 379 g/mol. The van der Waals surface area contributed by atoms with Crippen molar-refractivity contribution in [2.45, 2.75) is 0 Å². The Bertz CT molecular complexity index is 1070. The number of sulfonamides is 1. The number of aromatic amines is 1. The number of carbonyl (C=O) groups is 1. The Labute approximate surface area is 149 Å². The molecule has 0 spiro atoms. The molecule has 2 N–H and O–H groups in total. The Balaban J connectivity index is 2.19. The van der Waals surface area contributed by atoms with E-state index in [-0.39, 0.29) is 17.2 Å². The maximum atomic E-state index is 12.9. The van der Waals surface area contributed by atoms with Crippen LogP contribution in [-0.4, -0.2) is 32.6 Å². The monoisotopic (exact) mass is 378 g/mol. The molecule has 0 radical (unpaired) electrons. The summed E-state index contributed by atoms with van der Waals surface area (Å²) in [6.45, 7) is 0. The van der Waals surface area contributed by atoms with Crippen molar-refractivity contribution in [1.29, 1.82) is 0 Å². The third-order valence-electron chi connectivity index (χ3n) is 3.61. The van der Waals surface area contributed by atoms with Crippen LogP contribution in [0, 0.1) is 0 Å². The summed E-state index contributed by atoms with van der Waals surface area (Å²) in [7, 11) is -2.07. The van der Waals surface area contributed by atoms with E-state index in [2.05, 4.69) is 9.71 Å².